The fourth-order valence-corrected chi connectivity index (χ4v) is 2.55. The molecule has 1 aromatic rings. The molecule has 104 valence electrons. The summed E-state index contributed by atoms with van der Waals surface area (Å²) in [4.78, 5) is 22.6. The first-order chi connectivity index (χ1) is 8.50. The normalized spacial score (nSPS) is 11.5. The Kier molecular flexibility index (Phi) is 3.70. The number of nitrogens with two attached hydrogens (primary N) is 1. The van der Waals surface area contributed by atoms with Gasteiger partial charge in [0, 0.05) is 16.8 Å². The van der Waals surface area contributed by atoms with Gasteiger partial charge in [-0.25, -0.2) is 0 Å². The summed E-state index contributed by atoms with van der Waals surface area (Å²) in [7, 11) is 0. The maximum Gasteiger partial charge on any atom is 0.278 e. The minimum absolute atomic E-state index is 0.0409. The van der Waals surface area contributed by atoms with Crippen LogP contribution in [0.5, 0.6) is 0 Å². The zero-order valence-corrected chi connectivity index (χ0v) is 12.2. The van der Waals surface area contributed by atoms with Gasteiger partial charge in [0.2, 0.25) is 0 Å². The molecule has 0 spiro atoms. The SMILES string of the molecule is CC(=O)c1c(C)c(N)c(C(C)(C)C)c([N+](=O)[O-])c1C. The second kappa shape index (κ2) is 4.64. The van der Waals surface area contributed by atoms with E-state index in [0.717, 1.165) is 0 Å². The van der Waals surface area contributed by atoms with Crippen molar-refractivity contribution in [3.8, 4) is 0 Å². The van der Waals surface area contributed by atoms with Crippen molar-refractivity contribution in [2.45, 2.75) is 47.0 Å². The molecular formula is C14H20N2O3. The summed E-state index contributed by atoms with van der Waals surface area (Å²) in [6, 6.07) is 0. The topological polar surface area (TPSA) is 86.2 Å². The average molecular weight is 264 g/mol. The lowest BCUT2D eigenvalue weighted by atomic mass is 9.80. The summed E-state index contributed by atoms with van der Waals surface area (Å²) >= 11 is 0. The molecule has 5 heteroatoms. The number of nitrogen functional groups attached to an aromatic ring is 1. The lowest BCUT2D eigenvalue weighted by Gasteiger charge is -2.24. The standard InChI is InChI=1S/C14H20N2O3/c1-7-10(9(3)17)8(2)13(16(18)19)11(12(7)15)14(4,5)6/h15H2,1-6H3. The van der Waals surface area contributed by atoms with E-state index >= 15 is 0 Å². The van der Waals surface area contributed by atoms with Crippen LogP contribution in [0.2, 0.25) is 0 Å². The Bertz CT molecular complexity index is 569. The first-order valence-electron chi connectivity index (χ1n) is 6.08. The molecular weight excluding hydrogens is 244 g/mol. The van der Waals surface area contributed by atoms with Crippen LogP contribution in [0.1, 0.15) is 54.7 Å². The van der Waals surface area contributed by atoms with Gasteiger partial charge in [0.1, 0.15) is 0 Å². The van der Waals surface area contributed by atoms with E-state index in [4.69, 9.17) is 5.73 Å². The second-order valence-corrected chi connectivity index (χ2v) is 5.83. The summed E-state index contributed by atoms with van der Waals surface area (Å²) in [6.45, 7) is 10.4. The number of nitrogens with zero attached hydrogens (tertiary/aromatic N) is 1. The van der Waals surface area contributed by atoms with Crippen molar-refractivity contribution in [2.75, 3.05) is 5.73 Å². The largest absolute Gasteiger partial charge is 0.398 e. The Labute approximate surface area is 113 Å². The van der Waals surface area contributed by atoms with Crippen molar-refractivity contribution >= 4 is 17.2 Å². The van der Waals surface area contributed by atoms with Crippen LogP contribution in [0.25, 0.3) is 0 Å². The number of hydrogen-bond donors (Lipinski definition) is 1. The van der Waals surface area contributed by atoms with Crippen molar-refractivity contribution in [2.24, 2.45) is 0 Å². The van der Waals surface area contributed by atoms with Crippen molar-refractivity contribution < 1.29 is 9.72 Å². The van der Waals surface area contributed by atoms with Crippen molar-refractivity contribution in [3.63, 3.8) is 0 Å². The van der Waals surface area contributed by atoms with E-state index in [9.17, 15) is 14.9 Å². The Hall–Kier alpha value is -1.91. The number of carbonyl (C=O) groups excluding carboxylic acids is 1. The second-order valence-electron chi connectivity index (χ2n) is 5.83. The van der Waals surface area contributed by atoms with Crippen LogP contribution in [0.3, 0.4) is 0 Å². The lowest BCUT2D eigenvalue weighted by Crippen LogP contribution is -2.20. The van der Waals surface area contributed by atoms with Gasteiger partial charge in [-0.15, -0.1) is 0 Å². The highest BCUT2D eigenvalue weighted by atomic mass is 16.6. The van der Waals surface area contributed by atoms with Crippen LogP contribution in [-0.4, -0.2) is 10.7 Å². The number of anilines is 1. The molecule has 0 aliphatic carbocycles. The Morgan fingerprint density at radius 1 is 1.21 bits per heavy atom. The van der Waals surface area contributed by atoms with E-state index in [0.29, 0.717) is 27.9 Å². The minimum Gasteiger partial charge on any atom is -0.398 e. The molecule has 0 amide bonds. The zero-order valence-electron chi connectivity index (χ0n) is 12.2. The van der Waals surface area contributed by atoms with Gasteiger partial charge < -0.3 is 5.73 Å². The third kappa shape index (κ3) is 2.45. The number of hydrogen-bond acceptors (Lipinski definition) is 4. The maximum atomic E-state index is 11.7. The summed E-state index contributed by atoms with van der Waals surface area (Å²) < 4.78 is 0. The fourth-order valence-electron chi connectivity index (χ4n) is 2.55. The molecule has 0 atom stereocenters. The van der Waals surface area contributed by atoms with Gasteiger partial charge in [-0.05, 0) is 31.7 Å². The zero-order chi connectivity index (χ0) is 15.1. The predicted molar refractivity (Wildman–Crippen MR) is 75.7 cm³/mol. The molecule has 0 fully saturated rings. The van der Waals surface area contributed by atoms with Crippen LogP contribution >= 0.6 is 0 Å². The van der Waals surface area contributed by atoms with E-state index in [2.05, 4.69) is 0 Å². The number of carbonyl (C=O) groups is 1. The van der Waals surface area contributed by atoms with E-state index in [1.165, 1.54) is 6.92 Å². The number of rotatable bonds is 2. The third-order valence-corrected chi connectivity index (χ3v) is 3.30. The summed E-state index contributed by atoms with van der Waals surface area (Å²) in [5.41, 5.74) is 7.78. The summed E-state index contributed by atoms with van der Waals surface area (Å²) in [6.07, 6.45) is 0. The molecule has 1 aromatic carbocycles. The van der Waals surface area contributed by atoms with E-state index < -0.39 is 10.3 Å². The van der Waals surface area contributed by atoms with Crippen LogP contribution in [0, 0.1) is 24.0 Å². The summed E-state index contributed by atoms with van der Waals surface area (Å²) in [5, 5.41) is 11.4. The first-order valence-corrected chi connectivity index (χ1v) is 6.08. The quantitative estimate of drug-likeness (QED) is 0.384. The van der Waals surface area contributed by atoms with Crippen molar-refractivity contribution in [3.05, 3.63) is 32.4 Å². The van der Waals surface area contributed by atoms with Crippen LogP contribution in [0.4, 0.5) is 11.4 Å². The van der Waals surface area contributed by atoms with Crippen molar-refractivity contribution in [1.82, 2.24) is 0 Å². The summed E-state index contributed by atoms with van der Waals surface area (Å²) in [5.74, 6) is -0.203. The molecule has 2 N–H and O–H groups in total. The van der Waals surface area contributed by atoms with Gasteiger partial charge in [0.15, 0.2) is 5.78 Å². The number of ketones is 1. The van der Waals surface area contributed by atoms with Gasteiger partial charge >= 0.3 is 0 Å². The Balaban J connectivity index is 3.97. The smallest absolute Gasteiger partial charge is 0.278 e. The van der Waals surface area contributed by atoms with Gasteiger partial charge in [-0.2, -0.15) is 0 Å². The number of nitro benzene ring substituents is 1. The van der Waals surface area contributed by atoms with E-state index in [1.54, 1.807) is 13.8 Å². The molecule has 0 radical (unpaired) electrons. The monoisotopic (exact) mass is 264 g/mol. The fraction of sp³-hybridized carbons (Fsp3) is 0.500. The first kappa shape index (κ1) is 15.1. The molecule has 0 aliphatic rings. The van der Waals surface area contributed by atoms with Crippen LogP contribution < -0.4 is 5.73 Å². The molecule has 0 heterocycles. The maximum absolute atomic E-state index is 11.7. The molecule has 0 saturated carbocycles. The Morgan fingerprint density at radius 2 is 1.68 bits per heavy atom. The molecule has 0 aliphatic heterocycles. The molecule has 5 nitrogen and oxygen atoms in total. The number of nitro groups is 1. The van der Waals surface area contributed by atoms with Crippen LogP contribution in [-0.2, 0) is 5.41 Å². The highest BCUT2D eigenvalue weighted by Gasteiger charge is 2.33. The average Bonchev–Trinajstić information content (AvgIpc) is 2.20. The highest BCUT2D eigenvalue weighted by Crippen LogP contribution is 2.42. The minimum atomic E-state index is -0.461. The third-order valence-electron chi connectivity index (χ3n) is 3.30. The van der Waals surface area contributed by atoms with Gasteiger partial charge in [-0.3, -0.25) is 14.9 Å². The van der Waals surface area contributed by atoms with E-state index in [-0.39, 0.29) is 11.5 Å². The number of benzene rings is 1. The number of Topliss-reactive ketones (excluding diaryl/α,β-unsaturated/α-hetero) is 1. The molecule has 19 heavy (non-hydrogen) atoms. The predicted octanol–water partition coefficient (Wildman–Crippen LogP) is 3.29. The van der Waals surface area contributed by atoms with Gasteiger partial charge in [-0.1, -0.05) is 20.8 Å². The molecule has 0 bridgehead atoms. The van der Waals surface area contributed by atoms with E-state index in [1.807, 2.05) is 20.8 Å². The van der Waals surface area contributed by atoms with Crippen molar-refractivity contribution in [1.29, 1.82) is 0 Å². The lowest BCUT2D eigenvalue weighted by molar-refractivity contribution is -0.386. The molecule has 1 rings (SSSR count). The van der Waals surface area contributed by atoms with Gasteiger partial charge in [0.25, 0.3) is 5.69 Å². The molecule has 0 aromatic heterocycles. The molecule has 0 saturated heterocycles. The highest BCUT2D eigenvalue weighted by molar-refractivity contribution is 6.00. The van der Waals surface area contributed by atoms with Gasteiger partial charge in [0.05, 0.1) is 10.5 Å². The Morgan fingerprint density at radius 3 is 2.00 bits per heavy atom. The molecule has 0 unspecified atom stereocenters. The van der Waals surface area contributed by atoms with Crippen LogP contribution in [0.15, 0.2) is 0 Å².